The predicted molar refractivity (Wildman–Crippen MR) is 81.8 cm³/mol. The van der Waals surface area contributed by atoms with E-state index in [1.807, 2.05) is 0 Å². The van der Waals surface area contributed by atoms with Gasteiger partial charge in [0, 0.05) is 22.3 Å². The van der Waals surface area contributed by atoms with Gasteiger partial charge in [-0.25, -0.2) is 8.42 Å². The maximum Gasteiger partial charge on any atom is 0.262 e. The first kappa shape index (κ1) is 16.1. The van der Waals surface area contributed by atoms with Crippen LogP contribution in [-0.2, 0) is 9.05 Å². The van der Waals surface area contributed by atoms with E-state index in [0.717, 1.165) is 12.8 Å². The summed E-state index contributed by atoms with van der Waals surface area (Å²) in [6.45, 7) is 2.06. The fourth-order valence-corrected chi connectivity index (χ4v) is 4.38. The molecule has 1 aliphatic carbocycles. The Hall–Kier alpha value is -0.300. The minimum atomic E-state index is -3.98. The fourth-order valence-electron chi connectivity index (χ4n) is 2.00. The van der Waals surface area contributed by atoms with Crippen molar-refractivity contribution in [2.24, 2.45) is 5.92 Å². The van der Waals surface area contributed by atoms with Crippen molar-refractivity contribution in [2.75, 3.05) is 0 Å². The molecule has 8 heteroatoms. The largest absolute Gasteiger partial charge is 0.349 e. The number of nitrogens with one attached hydrogen (secondary N) is 1. The topological polar surface area (TPSA) is 63.2 Å². The Kier molecular flexibility index (Phi) is 4.69. The maximum absolute atomic E-state index is 12.1. The minimum Gasteiger partial charge on any atom is -0.349 e. The van der Waals surface area contributed by atoms with Gasteiger partial charge in [-0.15, -0.1) is 0 Å². The quantitative estimate of drug-likeness (QED) is 0.786. The lowest BCUT2D eigenvalue weighted by molar-refractivity contribution is 0.0948. The summed E-state index contributed by atoms with van der Waals surface area (Å²) in [5.74, 6) is 0.156. The Morgan fingerprint density at radius 3 is 2.65 bits per heavy atom. The molecule has 1 saturated carbocycles. The van der Waals surface area contributed by atoms with Crippen LogP contribution in [0.2, 0.25) is 5.02 Å². The van der Waals surface area contributed by atoms with E-state index >= 15 is 0 Å². The maximum atomic E-state index is 12.1. The number of hydrogen-bond acceptors (Lipinski definition) is 3. The number of carbonyl (C=O) groups is 1. The third kappa shape index (κ3) is 3.47. The summed E-state index contributed by atoms with van der Waals surface area (Å²) < 4.78 is 23.1. The van der Waals surface area contributed by atoms with Gasteiger partial charge in [-0.1, -0.05) is 24.9 Å². The number of rotatable bonds is 4. The highest BCUT2D eigenvalue weighted by atomic mass is 79.9. The van der Waals surface area contributed by atoms with Crippen LogP contribution in [0.4, 0.5) is 0 Å². The first-order chi connectivity index (χ1) is 9.24. The molecular weight excluding hydrogens is 389 g/mol. The molecule has 1 aliphatic rings. The number of carbonyl (C=O) groups excluding carboxylic acids is 1. The van der Waals surface area contributed by atoms with Gasteiger partial charge >= 0.3 is 0 Å². The molecule has 2 rings (SSSR count). The summed E-state index contributed by atoms with van der Waals surface area (Å²) in [5, 5.41) is 2.97. The Labute approximate surface area is 135 Å². The van der Waals surface area contributed by atoms with Gasteiger partial charge in [-0.3, -0.25) is 4.79 Å². The minimum absolute atomic E-state index is 0.125. The predicted octanol–water partition coefficient (Wildman–Crippen LogP) is 3.56. The summed E-state index contributed by atoms with van der Waals surface area (Å²) in [5.41, 5.74) is 0.180. The summed E-state index contributed by atoms with van der Waals surface area (Å²) >= 11 is 8.98. The number of halogens is 3. The Morgan fingerprint density at radius 2 is 2.15 bits per heavy atom. The van der Waals surface area contributed by atoms with Crippen LogP contribution in [-0.4, -0.2) is 20.4 Å². The van der Waals surface area contributed by atoms with E-state index in [9.17, 15) is 13.2 Å². The number of amides is 1. The highest BCUT2D eigenvalue weighted by Crippen LogP contribution is 2.35. The zero-order chi connectivity index (χ0) is 15.1. The Bertz CT molecular complexity index is 663. The van der Waals surface area contributed by atoms with E-state index in [-0.39, 0.29) is 31.9 Å². The van der Waals surface area contributed by atoms with Crippen molar-refractivity contribution in [3.63, 3.8) is 0 Å². The molecule has 0 saturated heterocycles. The van der Waals surface area contributed by atoms with Gasteiger partial charge < -0.3 is 5.32 Å². The van der Waals surface area contributed by atoms with Gasteiger partial charge in [0.05, 0.1) is 14.4 Å². The molecule has 1 N–H and O–H groups in total. The zero-order valence-corrected chi connectivity index (χ0v) is 14.4. The van der Waals surface area contributed by atoms with Crippen LogP contribution in [0, 0.1) is 5.92 Å². The van der Waals surface area contributed by atoms with Gasteiger partial charge in [0.25, 0.3) is 15.0 Å². The lowest BCUT2D eigenvalue weighted by Gasteiger charge is -2.08. The van der Waals surface area contributed by atoms with Crippen LogP contribution in [0.5, 0.6) is 0 Å². The van der Waals surface area contributed by atoms with E-state index < -0.39 is 9.05 Å². The van der Waals surface area contributed by atoms with Crippen LogP contribution in [0.3, 0.4) is 0 Å². The van der Waals surface area contributed by atoms with Gasteiger partial charge in [-0.05, 0) is 40.4 Å². The smallest absolute Gasteiger partial charge is 0.262 e. The van der Waals surface area contributed by atoms with E-state index in [0.29, 0.717) is 5.92 Å². The lowest BCUT2D eigenvalue weighted by Crippen LogP contribution is -2.27. The van der Waals surface area contributed by atoms with Crippen molar-refractivity contribution < 1.29 is 13.2 Å². The molecule has 0 spiro atoms. The molecule has 0 heterocycles. The standard InChI is InChI=1S/C12H12BrCl2NO3S/c1-2-6-4-9(6)16-12(17)7-3-8(14)11(13)10(5-7)20(15,18)19/h3,5-6,9H,2,4H2,1H3,(H,16,17). The van der Waals surface area contributed by atoms with Crippen molar-refractivity contribution >= 4 is 53.2 Å². The molecule has 0 aliphatic heterocycles. The Balaban J connectivity index is 2.29. The van der Waals surface area contributed by atoms with Crippen LogP contribution >= 0.6 is 38.2 Å². The van der Waals surface area contributed by atoms with Gasteiger partial charge in [-0.2, -0.15) is 0 Å². The Morgan fingerprint density at radius 1 is 1.50 bits per heavy atom. The monoisotopic (exact) mass is 399 g/mol. The first-order valence-corrected chi connectivity index (χ1v) is 9.46. The molecule has 110 valence electrons. The fraction of sp³-hybridized carbons (Fsp3) is 0.417. The molecule has 1 fully saturated rings. The van der Waals surface area contributed by atoms with E-state index in [4.69, 9.17) is 22.3 Å². The third-order valence-corrected chi connectivity index (χ3v) is 6.27. The molecule has 4 nitrogen and oxygen atoms in total. The van der Waals surface area contributed by atoms with Gasteiger partial charge in [0.2, 0.25) is 0 Å². The second-order valence-corrected chi connectivity index (χ2v) is 8.43. The lowest BCUT2D eigenvalue weighted by atomic mass is 10.2. The van der Waals surface area contributed by atoms with Crippen molar-refractivity contribution in [3.05, 3.63) is 27.2 Å². The number of benzene rings is 1. The van der Waals surface area contributed by atoms with Crippen LogP contribution in [0.1, 0.15) is 30.1 Å². The summed E-state index contributed by atoms with van der Waals surface area (Å²) in [7, 11) is 1.35. The van der Waals surface area contributed by atoms with Crippen molar-refractivity contribution in [2.45, 2.75) is 30.7 Å². The molecule has 0 bridgehead atoms. The van der Waals surface area contributed by atoms with E-state index in [2.05, 4.69) is 28.2 Å². The average Bonchev–Trinajstić information content (AvgIpc) is 3.09. The summed E-state index contributed by atoms with van der Waals surface area (Å²) in [4.78, 5) is 11.9. The molecule has 20 heavy (non-hydrogen) atoms. The van der Waals surface area contributed by atoms with Crippen molar-refractivity contribution in [3.8, 4) is 0 Å². The first-order valence-electron chi connectivity index (χ1n) is 5.98. The molecule has 1 aromatic rings. The van der Waals surface area contributed by atoms with Crippen molar-refractivity contribution in [1.82, 2.24) is 5.32 Å². The van der Waals surface area contributed by atoms with Gasteiger partial charge in [0.15, 0.2) is 0 Å². The highest BCUT2D eigenvalue weighted by Gasteiger charge is 2.36. The van der Waals surface area contributed by atoms with Crippen LogP contribution < -0.4 is 5.32 Å². The van der Waals surface area contributed by atoms with Crippen LogP contribution in [0.25, 0.3) is 0 Å². The average molecular weight is 401 g/mol. The highest BCUT2D eigenvalue weighted by molar-refractivity contribution is 9.10. The number of hydrogen-bond donors (Lipinski definition) is 1. The molecule has 1 aromatic carbocycles. The SMILES string of the molecule is CCC1CC1NC(=O)c1cc(Cl)c(Br)c(S(=O)(=O)Cl)c1. The molecular formula is C12H12BrCl2NO3S. The molecule has 1 amide bonds. The second kappa shape index (κ2) is 5.83. The third-order valence-electron chi connectivity index (χ3n) is 3.28. The molecule has 0 radical (unpaired) electrons. The molecule has 2 atom stereocenters. The van der Waals surface area contributed by atoms with Crippen molar-refractivity contribution in [1.29, 1.82) is 0 Å². The van der Waals surface area contributed by atoms with E-state index in [1.165, 1.54) is 12.1 Å². The molecule has 0 aromatic heterocycles. The normalized spacial score (nSPS) is 21.6. The molecule has 2 unspecified atom stereocenters. The van der Waals surface area contributed by atoms with E-state index in [1.54, 1.807) is 0 Å². The van der Waals surface area contributed by atoms with Gasteiger partial charge in [0.1, 0.15) is 0 Å². The zero-order valence-electron chi connectivity index (χ0n) is 10.5. The second-order valence-electron chi connectivity index (χ2n) is 4.69. The van der Waals surface area contributed by atoms with Crippen LogP contribution in [0.15, 0.2) is 21.5 Å². The summed E-state index contributed by atoms with van der Waals surface area (Å²) in [6.07, 6.45) is 1.96. The summed E-state index contributed by atoms with van der Waals surface area (Å²) in [6, 6.07) is 2.79.